The summed E-state index contributed by atoms with van der Waals surface area (Å²) < 4.78 is 9.61. The van der Waals surface area contributed by atoms with Crippen molar-refractivity contribution in [3.63, 3.8) is 0 Å². The minimum absolute atomic E-state index is 0.318. The van der Waals surface area contributed by atoms with E-state index in [0.717, 1.165) is 0 Å². The zero-order valence-electron chi connectivity index (χ0n) is 6.93. The normalized spacial score (nSPS) is 41.7. The van der Waals surface area contributed by atoms with Gasteiger partial charge in [-0.25, -0.2) is 0 Å². The Morgan fingerprint density at radius 3 is 2.25 bits per heavy atom. The molecule has 2 N–H and O–H groups in total. The largest absolute Gasteiger partial charge is 0.387 e. The number of methoxy groups -OCH3 is 1. The highest BCUT2D eigenvalue weighted by Gasteiger charge is 2.45. The molecule has 1 aliphatic rings. The van der Waals surface area contributed by atoms with E-state index in [0.29, 0.717) is 0 Å². The molecule has 0 spiro atoms. The molecule has 1 saturated heterocycles. The number of ether oxygens (including phenoxy) is 2. The first-order chi connectivity index (χ1) is 5.57. The summed E-state index contributed by atoms with van der Waals surface area (Å²) in [6.45, 7) is 1.29. The molecule has 0 saturated carbocycles. The molecule has 0 aliphatic carbocycles. The van der Waals surface area contributed by atoms with Gasteiger partial charge in [0.05, 0.1) is 0 Å². The third-order valence-electron chi connectivity index (χ3n) is 1.85. The van der Waals surface area contributed by atoms with Crippen molar-refractivity contribution in [1.29, 1.82) is 0 Å². The van der Waals surface area contributed by atoms with E-state index >= 15 is 0 Å². The lowest BCUT2D eigenvalue weighted by atomic mass is 10.1. The smallest absolute Gasteiger partial charge is 0.186 e. The number of Topliss-reactive ketones (excluding diaryl/α,β-unsaturated/α-hetero) is 1. The predicted octanol–water partition coefficient (Wildman–Crippen LogP) is -1.33. The van der Waals surface area contributed by atoms with Gasteiger partial charge in [0.15, 0.2) is 12.1 Å². The first-order valence-corrected chi connectivity index (χ1v) is 3.62. The average molecular weight is 176 g/mol. The molecule has 0 aromatic heterocycles. The molecular formula is C7H12O5. The molecule has 0 radical (unpaired) electrons. The van der Waals surface area contributed by atoms with Gasteiger partial charge >= 0.3 is 0 Å². The van der Waals surface area contributed by atoms with Crippen molar-refractivity contribution in [3.05, 3.63) is 0 Å². The second-order valence-corrected chi connectivity index (χ2v) is 2.75. The number of hydrogen-bond acceptors (Lipinski definition) is 5. The van der Waals surface area contributed by atoms with Crippen molar-refractivity contribution in [1.82, 2.24) is 0 Å². The second-order valence-electron chi connectivity index (χ2n) is 2.75. The molecule has 0 amide bonds. The van der Waals surface area contributed by atoms with E-state index in [9.17, 15) is 15.0 Å². The molecule has 1 fully saturated rings. The Kier molecular flexibility index (Phi) is 2.79. The number of aliphatic hydroxyl groups is 2. The highest BCUT2D eigenvalue weighted by molar-refractivity contribution is 5.81. The van der Waals surface area contributed by atoms with E-state index in [-0.39, 0.29) is 5.78 Å². The van der Waals surface area contributed by atoms with Gasteiger partial charge in [-0.1, -0.05) is 0 Å². The maximum atomic E-state index is 10.8. The molecule has 5 heteroatoms. The van der Waals surface area contributed by atoms with Crippen LogP contribution in [0.5, 0.6) is 0 Å². The van der Waals surface area contributed by atoms with Gasteiger partial charge in [-0.05, 0) is 6.92 Å². The molecule has 4 unspecified atom stereocenters. The summed E-state index contributed by atoms with van der Waals surface area (Å²) in [5, 5.41) is 18.5. The number of hydrogen-bond donors (Lipinski definition) is 2. The van der Waals surface area contributed by atoms with Crippen LogP contribution in [-0.4, -0.2) is 47.7 Å². The zero-order valence-corrected chi connectivity index (χ0v) is 6.93. The van der Waals surface area contributed by atoms with Gasteiger partial charge in [0, 0.05) is 7.11 Å². The van der Waals surface area contributed by atoms with E-state index < -0.39 is 24.6 Å². The molecule has 0 aromatic rings. The SMILES string of the molecule is COC1OC(C(C)=O)C(O)C1O. The number of ketones is 1. The molecule has 1 aliphatic heterocycles. The molecular weight excluding hydrogens is 164 g/mol. The lowest BCUT2D eigenvalue weighted by Gasteiger charge is -2.11. The van der Waals surface area contributed by atoms with Crippen molar-refractivity contribution in [2.75, 3.05) is 7.11 Å². The van der Waals surface area contributed by atoms with E-state index in [1.54, 1.807) is 0 Å². The standard InChI is InChI=1S/C7H12O5/c1-3(8)6-4(9)5(10)7(11-2)12-6/h4-7,9-10H,1-2H3. The molecule has 5 nitrogen and oxygen atoms in total. The van der Waals surface area contributed by atoms with Gasteiger partial charge in [-0.2, -0.15) is 0 Å². The summed E-state index contributed by atoms with van der Waals surface area (Å²) in [5.74, 6) is -0.318. The average Bonchev–Trinajstić information content (AvgIpc) is 2.30. The van der Waals surface area contributed by atoms with Crippen LogP contribution in [0, 0.1) is 0 Å². The van der Waals surface area contributed by atoms with Gasteiger partial charge < -0.3 is 19.7 Å². The molecule has 70 valence electrons. The number of rotatable bonds is 2. The van der Waals surface area contributed by atoms with Crippen LogP contribution < -0.4 is 0 Å². The highest BCUT2D eigenvalue weighted by Crippen LogP contribution is 2.21. The third-order valence-corrected chi connectivity index (χ3v) is 1.85. The Morgan fingerprint density at radius 1 is 1.42 bits per heavy atom. The Balaban J connectivity index is 2.66. The second kappa shape index (κ2) is 3.49. The molecule has 1 heterocycles. The van der Waals surface area contributed by atoms with Gasteiger partial charge in [-0.15, -0.1) is 0 Å². The maximum Gasteiger partial charge on any atom is 0.186 e. The summed E-state index contributed by atoms with van der Waals surface area (Å²) in [4.78, 5) is 10.8. The lowest BCUT2D eigenvalue weighted by Crippen LogP contribution is -2.35. The van der Waals surface area contributed by atoms with Gasteiger partial charge in [0.1, 0.15) is 18.3 Å². The summed E-state index contributed by atoms with van der Waals surface area (Å²) in [6, 6.07) is 0. The zero-order chi connectivity index (χ0) is 9.30. The highest BCUT2D eigenvalue weighted by atomic mass is 16.7. The Labute approximate surface area is 69.9 Å². The summed E-state index contributed by atoms with van der Waals surface area (Å²) in [7, 11) is 1.34. The van der Waals surface area contributed by atoms with Crippen LogP contribution in [0.4, 0.5) is 0 Å². The molecule has 12 heavy (non-hydrogen) atoms. The minimum Gasteiger partial charge on any atom is -0.387 e. The number of aliphatic hydroxyl groups excluding tert-OH is 2. The number of carbonyl (C=O) groups excluding carboxylic acids is 1. The van der Waals surface area contributed by atoms with Gasteiger partial charge in [0.2, 0.25) is 0 Å². The van der Waals surface area contributed by atoms with Gasteiger partial charge in [0.25, 0.3) is 0 Å². The first kappa shape index (κ1) is 9.60. The monoisotopic (exact) mass is 176 g/mol. The molecule has 1 rings (SSSR count). The van der Waals surface area contributed by atoms with Crippen LogP contribution >= 0.6 is 0 Å². The molecule has 4 atom stereocenters. The van der Waals surface area contributed by atoms with Crippen LogP contribution in [0.3, 0.4) is 0 Å². The molecule has 0 aromatic carbocycles. The minimum atomic E-state index is -1.19. The molecule has 0 bridgehead atoms. The van der Waals surface area contributed by atoms with E-state index in [1.807, 2.05) is 0 Å². The van der Waals surface area contributed by atoms with Crippen LogP contribution in [0.25, 0.3) is 0 Å². The lowest BCUT2D eigenvalue weighted by molar-refractivity contribution is -0.158. The van der Waals surface area contributed by atoms with E-state index in [2.05, 4.69) is 4.74 Å². The van der Waals surface area contributed by atoms with Gasteiger partial charge in [-0.3, -0.25) is 4.79 Å². The third kappa shape index (κ3) is 1.49. The Hall–Kier alpha value is -0.490. The Morgan fingerprint density at radius 2 is 2.00 bits per heavy atom. The summed E-state index contributed by atoms with van der Waals surface area (Å²) in [6.07, 6.45) is -4.21. The van der Waals surface area contributed by atoms with Crippen LogP contribution in [0.15, 0.2) is 0 Å². The summed E-state index contributed by atoms with van der Waals surface area (Å²) in [5.41, 5.74) is 0. The van der Waals surface area contributed by atoms with E-state index in [4.69, 9.17) is 4.74 Å². The van der Waals surface area contributed by atoms with Crippen molar-refractivity contribution < 1.29 is 24.5 Å². The fourth-order valence-corrected chi connectivity index (χ4v) is 1.18. The van der Waals surface area contributed by atoms with E-state index in [1.165, 1.54) is 14.0 Å². The first-order valence-electron chi connectivity index (χ1n) is 3.62. The topological polar surface area (TPSA) is 76.0 Å². The van der Waals surface area contributed by atoms with Crippen molar-refractivity contribution in [2.45, 2.75) is 31.5 Å². The Bertz CT molecular complexity index is 181. The van der Waals surface area contributed by atoms with Crippen molar-refractivity contribution in [2.24, 2.45) is 0 Å². The quantitative estimate of drug-likeness (QED) is 0.545. The summed E-state index contributed by atoms with van der Waals surface area (Å²) >= 11 is 0. The fraction of sp³-hybridized carbons (Fsp3) is 0.857. The predicted molar refractivity (Wildman–Crippen MR) is 38.4 cm³/mol. The fourth-order valence-electron chi connectivity index (χ4n) is 1.18. The van der Waals surface area contributed by atoms with Crippen LogP contribution in [0.1, 0.15) is 6.92 Å². The number of carbonyl (C=O) groups is 1. The van der Waals surface area contributed by atoms with Crippen molar-refractivity contribution in [3.8, 4) is 0 Å². The maximum absolute atomic E-state index is 10.8. The van der Waals surface area contributed by atoms with Crippen LogP contribution in [-0.2, 0) is 14.3 Å². The van der Waals surface area contributed by atoms with Crippen LogP contribution in [0.2, 0.25) is 0 Å². The van der Waals surface area contributed by atoms with Crippen molar-refractivity contribution >= 4 is 5.78 Å².